The van der Waals surface area contributed by atoms with E-state index in [4.69, 9.17) is 0 Å². The number of nitrogens with zero attached hydrogens (tertiary/aromatic N) is 1. The summed E-state index contributed by atoms with van der Waals surface area (Å²) in [5.41, 5.74) is 0. The van der Waals surface area contributed by atoms with Gasteiger partial charge in [-0.1, -0.05) is 12.5 Å². The van der Waals surface area contributed by atoms with Crippen molar-refractivity contribution in [1.29, 1.82) is 0 Å². The molecule has 1 saturated carbocycles. The van der Waals surface area contributed by atoms with E-state index in [1.807, 2.05) is 6.08 Å². The van der Waals surface area contributed by atoms with Gasteiger partial charge in [-0.15, -0.1) is 6.58 Å². The van der Waals surface area contributed by atoms with Gasteiger partial charge in [-0.3, -0.25) is 0 Å². The van der Waals surface area contributed by atoms with Crippen molar-refractivity contribution in [3.63, 3.8) is 0 Å². The third-order valence-electron chi connectivity index (χ3n) is 3.77. The average Bonchev–Trinajstić information content (AvgIpc) is 2.48. The second-order valence-corrected chi connectivity index (χ2v) is 4.81. The molecule has 14 heavy (non-hydrogen) atoms. The molecule has 2 heteroatoms. The molecule has 2 fully saturated rings. The maximum absolute atomic E-state index is 3.84. The van der Waals surface area contributed by atoms with Gasteiger partial charge in [0.1, 0.15) is 0 Å². The van der Waals surface area contributed by atoms with Gasteiger partial charge in [-0.25, -0.2) is 0 Å². The topological polar surface area (TPSA) is 15.3 Å². The molecule has 2 atom stereocenters. The molecule has 1 aliphatic heterocycles. The number of nitrogens with one attached hydrogen (secondary N) is 1. The summed E-state index contributed by atoms with van der Waals surface area (Å²) in [6.45, 7) is 5.06. The van der Waals surface area contributed by atoms with Crippen molar-refractivity contribution in [2.75, 3.05) is 13.6 Å². The zero-order valence-electron chi connectivity index (χ0n) is 9.21. The molecule has 2 nitrogen and oxygen atoms in total. The largest absolute Gasteiger partial charge is 0.307 e. The summed E-state index contributed by atoms with van der Waals surface area (Å²) < 4.78 is 0. The van der Waals surface area contributed by atoms with Crippen LogP contribution in [0.2, 0.25) is 0 Å². The zero-order valence-corrected chi connectivity index (χ0v) is 9.21. The fourth-order valence-electron chi connectivity index (χ4n) is 2.50. The Morgan fingerprint density at radius 2 is 2.14 bits per heavy atom. The van der Waals surface area contributed by atoms with Crippen LogP contribution in [0.1, 0.15) is 32.1 Å². The van der Waals surface area contributed by atoms with Gasteiger partial charge in [0.2, 0.25) is 0 Å². The van der Waals surface area contributed by atoms with E-state index in [1.165, 1.54) is 38.6 Å². The van der Waals surface area contributed by atoms with Crippen LogP contribution in [0.4, 0.5) is 0 Å². The quantitative estimate of drug-likeness (QED) is 0.686. The fourth-order valence-corrected chi connectivity index (χ4v) is 2.50. The van der Waals surface area contributed by atoms with Gasteiger partial charge in [-0.2, -0.15) is 0 Å². The molecule has 2 unspecified atom stereocenters. The summed E-state index contributed by atoms with van der Waals surface area (Å²) >= 11 is 0. The Morgan fingerprint density at radius 1 is 1.36 bits per heavy atom. The van der Waals surface area contributed by atoms with E-state index in [0.29, 0.717) is 12.1 Å². The molecule has 0 bridgehead atoms. The van der Waals surface area contributed by atoms with Crippen molar-refractivity contribution in [3.05, 3.63) is 12.7 Å². The minimum atomic E-state index is 0.565. The van der Waals surface area contributed by atoms with Crippen LogP contribution < -0.4 is 5.32 Å². The van der Waals surface area contributed by atoms with Crippen LogP contribution in [0, 0.1) is 0 Å². The number of rotatable bonds is 4. The number of hydrogen-bond donors (Lipinski definition) is 1. The molecule has 1 N–H and O–H groups in total. The lowest BCUT2D eigenvalue weighted by Crippen LogP contribution is -2.44. The van der Waals surface area contributed by atoms with E-state index in [0.717, 1.165) is 6.04 Å². The second-order valence-electron chi connectivity index (χ2n) is 4.81. The van der Waals surface area contributed by atoms with Gasteiger partial charge in [0, 0.05) is 24.7 Å². The van der Waals surface area contributed by atoms with Crippen molar-refractivity contribution in [3.8, 4) is 0 Å². The standard InChI is InChI=1S/C12H22N2/c1-3-10-7-8-11(13-10)9-14(2)12-5-4-6-12/h3,10-13H,1,4-9H2,2H3. The Balaban J connectivity index is 1.72. The summed E-state index contributed by atoms with van der Waals surface area (Å²) in [5, 5.41) is 3.61. The minimum Gasteiger partial charge on any atom is -0.307 e. The molecular formula is C12H22N2. The van der Waals surface area contributed by atoms with Crippen LogP contribution in [0.5, 0.6) is 0 Å². The highest BCUT2D eigenvalue weighted by atomic mass is 15.2. The smallest absolute Gasteiger partial charge is 0.0251 e. The van der Waals surface area contributed by atoms with Gasteiger partial charge in [-0.05, 0) is 32.7 Å². The molecule has 0 aromatic rings. The van der Waals surface area contributed by atoms with E-state index in [9.17, 15) is 0 Å². The molecule has 2 aliphatic rings. The van der Waals surface area contributed by atoms with Crippen molar-refractivity contribution in [2.24, 2.45) is 0 Å². The first-order valence-electron chi connectivity index (χ1n) is 5.88. The van der Waals surface area contributed by atoms with Crippen molar-refractivity contribution in [2.45, 2.75) is 50.2 Å². The van der Waals surface area contributed by atoms with Crippen molar-refractivity contribution in [1.82, 2.24) is 10.2 Å². The van der Waals surface area contributed by atoms with E-state index in [2.05, 4.69) is 23.8 Å². The first kappa shape index (κ1) is 10.2. The first-order chi connectivity index (χ1) is 6.79. The molecule has 1 aliphatic carbocycles. The first-order valence-corrected chi connectivity index (χ1v) is 5.88. The molecule has 0 aromatic heterocycles. The predicted molar refractivity (Wildman–Crippen MR) is 60.4 cm³/mol. The van der Waals surface area contributed by atoms with Crippen LogP contribution >= 0.6 is 0 Å². The van der Waals surface area contributed by atoms with Crippen LogP contribution in [-0.4, -0.2) is 36.6 Å². The third-order valence-corrected chi connectivity index (χ3v) is 3.77. The van der Waals surface area contributed by atoms with Crippen molar-refractivity contribution >= 4 is 0 Å². The lowest BCUT2D eigenvalue weighted by atomic mass is 9.91. The normalized spacial score (nSPS) is 33.3. The SMILES string of the molecule is C=CC1CCC(CN(C)C2CCC2)N1. The maximum Gasteiger partial charge on any atom is 0.0251 e. The Labute approximate surface area is 87.4 Å². The molecule has 0 radical (unpaired) electrons. The summed E-state index contributed by atoms with van der Waals surface area (Å²) in [5.74, 6) is 0. The van der Waals surface area contributed by atoms with Crippen molar-refractivity contribution < 1.29 is 0 Å². The number of hydrogen-bond acceptors (Lipinski definition) is 2. The van der Waals surface area contributed by atoms with E-state index < -0.39 is 0 Å². The van der Waals surface area contributed by atoms with Crippen LogP contribution in [-0.2, 0) is 0 Å². The van der Waals surface area contributed by atoms with Crippen LogP contribution in [0.15, 0.2) is 12.7 Å². The minimum absolute atomic E-state index is 0.565. The van der Waals surface area contributed by atoms with Gasteiger partial charge in [0.15, 0.2) is 0 Å². The summed E-state index contributed by atoms with van der Waals surface area (Å²) in [7, 11) is 2.27. The second kappa shape index (κ2) is 4.45. The molecule has 0 aromatic carbocycles. The Morgan fingerprint density at radius 3 is 2.64 bits per heavy atom. The Bertz CT molecular complexity index is 198. The summed E-state index contributed by atoms with van der Waals surface area (Å²) in [6.07, 6.45) is 8.88. The van der Waals surface area contributed by atoms with Crippen LogP contribution in [0.25, 0.3) is 0 Å². The highest BCUT2D eigenvalue weighted by molar-refractivity contribution is 4.95. The Kier molecular flexibility index (Phi) is 3.24. The number of likely N-dealkylation sites (N-methyl/N-ethyl adjacent to an activating group) is 1. The maximum atomic E-state index is 3.84. The summed E-state index contributed by atoms with van der Waals surface area (Å²) in [4.78, 5) is 2.53. The van der Waals surface area contributed by atoms with E-state index in [-0.39, 0.29) is 0 Å². The van der Waals surface area contributed by atoms with E-state index in [1.54, 1.807) is 0 Å². The fraction of sp³-hybridized carbons (Fsp3) is 0.833. The molecule has 2 rings (SSSR count). The summed E-state index contributed by atoms with van der Waals surface area (Å²) in [6, 6.07) is 2.14. The monoisotopic (exact) mass is 194 g/mol. The molecule has 1 saturated heterocycles. The van der Waals surface area contributed by atoms with E-state index >= 15 is 0 Å². The molecule has 80 valence electrons. The molecule has 0 amide bonds. The predicted octanol–water partition coefficient (Wildman–Crippen LogP) is 1.78. The molecule has 1 heterocycles. The van der Waals surface area contributed by atoms with Crippen LogP contribution in [0.3, 0.4) is 0 Å². The average molecular weight is 194 g/mol. The highest BCUT2D eigenvalue weighted by Gasteiger charge is 2.27. The zero-order chi connectivity index (χ0) is 9.97. The van der Waals surface area contributed by atoms with Gasteiger partial charge in [0.25, 0.3) is 0 Å². The van der Waals surface area contributed by atoms with Gasteiger partial charge >= 0.3 is 0 Å². The lowest BCUT2D eigenvalue weighted by molar-refractivity contribution is 0.148. The Hall–Kier alpha value is -0.340. The molecule has 0 spiro atoms. The lowest BCUT2D eigenvalue weighted by Gasteiger charge is -2.36. The third kappa shape index (κ3) is 2.18. The molecular weight excluding hydrogens is 172 g/mol. The van der Waals surface area contributed by atoms with Gasteiger partial charge in [0.05, 0.1) is 0 Å². The van der Waals surface area contributed by atoms with Gasteiger partial charge < -0.3 is 10.2 Å². The highest BCUT2D eigenvalue weighted by Crippen LogP contribution is 2.24.